The van der Waals surface area contributed by atoms with Gasteiger partial charge in [-0.05, 0) is 31.0 Å². The van der Waals surface area contributed by atoms with Crippen LogP contribution in [-0.2, 0) is 10.0 Å². The Morgan fingerprint density at radius 3 is 2.59 bits per heavy atom. The summed E-state index contributed by atoms with van der Waals surface area (Å²) in [5.41, 5.74) is -0.649. The molecular formula is C10H10FNO4S. The van der Waals surface area contributed by atoms with Crippen molar-refractivity contribution in [2.45, 2.75) is 23.8 Å². The molecule has 0 radical (unpaired) electrons. The average molecular weight is 259 g/mol. The fourth-order valence-electron chi connectivity index (χ4n) is 1.32. The van der Waals surface area contributed by atoms with Crippen molar-refractivity contribution in [2.24, 2.45) is 0 Å². The molecule has 7 heteroatoms. The number of sulfonamides is 1. The van der Waals surface area contributed by atoms with E-state index >= 15 is 0 Å². The first-order valence-electron chi connectivity index (χ1n) is 4.95. The molecule has 1 aromatic carbocycles. The molecule has 0 saturated heterocycles. The van der Waals surface area contributed by atoms with Crippen molar-refractivity contribution < 1.29 is 22.7 Å². The van der Waals surface area contributed by atoms with Crippen LogP contribution in [0.4, 0.5) is 4.39 Å². The molecule has 17 heavy (non-hydrogen) atoms. The van der Waals surface area contributed by atoms with Crippen molar-refractivity contribution in [1.82, 2.24) is 4.72 Å². The molecule has 0 bridgehead atoms. The van der Waals surface area contributed by atoms with Crippen LogP contribution in [0, 0.1) is 5.82 Å². The quantitative estimate of drug-likeness (QED) is 0.843. The van der Waals surface area contributed by atoms with Gasteiger partial charge in [0.05, 0.1) is 10.5 Å². The van der Waals surface area contributed by atoms with E-state index in [1.54, 1.807) is 0 Å². The first-order chi connectivity index (χ1) is 7.90. The summed E-state index contributed by atoms with van der Waals surface area (Å²) in [4.78, 5) is 10.4. The Morgan fingerprint density at radius 2 is 2.06 bits per heavy atom. The van der Waals surface area contributed by atoms with Gasteiger partial charge in [-0.15, -0.1) is 0 Å². The van der Waals surface area contributed by atoms with Gasteiger partial charge < -0.3 is 5.11 Å². The van der Waals surface area contributed by atoms with Crippen molar-refractivity contribution in [2.75, 3.05) is 0 Å². The second-order valence-electron chi connectivity index (χ2n) is 3.84. The van der Waals surface area contributed by atoms with E-state index in [0.29, 0.717) is 0 Å². The number of rotatable bonds is 4. The van der Waals surface area contributed by atoms with Gasteiger partial charge in [0, 0.05) is 6.04 Å². The van der Waals surface area contributed by atoms with Crippen molar-refractivity contribution in [3.63, 3.8) is 0 Å². The molecule has 1 fully saturated rings. The Hall–Kier alpha value is -1.47. The Balaban J connectivity index is 2.38. The molecule has 0 amide bonds. The van der Waals surface area contributed by atoms with Crippen LogP contribution in [0.25, 0.3) is 0 Å². The second-order valence-corrected chi connectivity index (χ2v) is 5.56. The van der Waals surface area contributed by atoms with Gasteiger partial charge in [-0.1, -0.05) is 0 Å². The van der Waals surface area contributed by atoms with Gasteiger partial charge >= 0.3 is 5.97 Å². The fraction of sp³-hybridized carbons (Fsp3) is 0.300. The number of aromatic carboxylic acids is 1. The predicted molar refractivity (Wildman–Crippen MR) is 56.7 cm³/mol. The minimum absolute atomic E-state index is 0.0849. The van der Waals surface area contributed by atoms with Crippen LogP contribution in [0.15, 0.2) is 23.1 Å². The molecule has 0 aliphatic heterocycles. The van der Waals surface area contributed by atoms with Gasteiger partial charge in [-0.2, -0.15) is 0 Å². The van der Waals surface area contributed by atoms with Crippen LogP contribution in [0.1, 0.15) is 23.2 Å². The first kappa shape index (κ1) is 12.0. The van der Waals surface area contributed by atoms with Gasteiger partial charge in [-0.3, -0.25) is 0 Å². The van der Waals surface area contributed by atoms with Crippen LogP contribution in [0.2, 0.25) is 0 Å². The van der Waals surface area contributed by atoms with Gasteiger partial charge in [-0.25, -0.2) is 22.3 Å². The number of hydrogen-bond acceptors (Lipinski definition) is 3. The van der Waals surface area contributed by atoms with E-state index in [9.17, 15) is 17.6 Å². The van der Waals surface area contributed by atoms with Crippen LogP contribution in [0.3, 0.4) is 0 Å². The van der Waals surface area contributed by atoms with E-state index in [1.807, 2.05) is 0 Å². The lowest BCUT2D eigenvalue weighted by Gasteiger charge is -2.06. The Bertz CT molecular complexity index is 566. The van der Waals surface area contributed by atoms with Crippen LogP contribution < -0.4 is 4.72 Å². The largest absolute Gasteiger partial charge is 0.478 e. The average Bonchev–Trinajstić information content (AvgIpc) is 3.00. The highest BCUT2D eigenvalue weighted by atomic mass is 32.2. The molecule has 2 rings (SSSR count). The lowest BCUT2D eigenvalue weighted by Crippen LogP contribution is -2.26. The molecule has 5 nitrogen and oxygen atoms in total. The second kappa shape index (κ2) is 4.08. The zero-order valence-corrected chi connectivity index (χ0v) is 9.50. The van der Waals surface area contributed by atoms with E-state index in [2.05, 4.69) is 4.72 Å². The first-order valence-corrected chi connectivity index (χ1v) is 6.43. The Kier molecular flexibility index (Phi) is 2.88. The van der Waals surface area contributed by atoms with E-state index in [-0.39, 0.29) is 10.9 Å². The predicted octanol–water partition coefficient (Wildman–Crippen LogP) is 0.965. The maximum Gasteiger partial charge on any atom is 0.338 e. The van der Waals surface area contributed by atoms with E-state index in [0.717, 1.165) is 31.0 Å². The third kappa shape index (κ3) is 2.62. The molecule has 0 atom stereocenters. The number of halogens is 1. The molecular weight excluding hydrogens is 249 g/mol. The molecule has 0 spiro atoms. The van der Waals surface area contributed by atoms with Crippen molar-refractivity contribution in [1.29, 1.82) is 0 Å². The number of carboxylic acids is 1. The standard InChI is InChI=1S/C10H10FNO4S/c11-9-4-3-7(5-8(9)10(13)14)17(15,16)12-6-1-2-6/h3-6,12H,1-2H2,(H,13,14). The fourth-order valence-corrected chi connectivity index (χ4v) is 2.65. The molecule has 0 unspecified atom stereocenters. The molecule has 1 aliphatic rings. The summed E-state index contributed by atoms with van der Waals surface area (Å²) >= 11 is 0. The monoisotopic (exact) mass is 259 g/mol. The summed E-state index contributed by atoms with van der Waals surface area (Å²) in [7, 11) is -3.75. The highest BCUT2D eigenvalue weighted by Gasteiger charge is 2.28. The van der Waals surface area contributed by atoms with Gasteiger partial charge in [0.2, 0.25) is 10.0 Å². The molecule has 2 N–H and O–H groups in total. The summed E-state index contributed by atoms with van der Waals surface area (Å²) in [5.74, 6) is -2.45. The van der Waals surface area contributed by atoms with Crippen molar-refractivity contribution in [3.05, 3.63) is 29.6 Å². The Labute approximate surface area is 97.3 Å². The molecule has 0 aromatic heterocycles. The number of nitrogens with one attached hydrogen (secondary N) is 1. The van der Waals surface area contributed by atoms with Crippen molar-refractivity contribution in [3.8, 4) is 0 Å². The van der Waals surface area contributed by atoms with Gasteiger partial charge in [0.15, 0.2) is 0 Å². The summed E-state index contributed by atoms with van der Waals surface area (Å²) in [5, 5.41) is 8.69. The van der Waals surface area contributed by atoms with E-state index < -0.39 is 27.4 Å². The Morgan fingerprint density at radius 1 is 1.41 bits per heavy atom. The van der Waals surface area contributed by atoms with Gasteiger partial charge in [0.1, 0.15) is 5.82 Å². The molecule has 92 valence electrons. The SMILES string of the molecule is O=C(O)c1cc(S(=O)(=O)NC2CC2)ccc1F. The van der Waals surface area contributed by atoms with E-state index in [4.69, 9.17) is 5.11 Å². The van der Waals surface area contributed by atoms with E-state index in [1.165, 1.54) is 0 Å². The summed E-state index contributed by atoms with van der Waals surface area (Å²) in [6.45, 7) is 0. The maximum absolute atomic E-state index is 13.1. The van der Waals surface area contributed by atoms with Crippen molar-refractivity contribution >= 4 is 16.0 Å². The smallest absolute Gasteiger partial charge is 0.338 e. The summed E-state index contributed by atoms with van der Waals surface area (Å²) in [6.07, 6.45) is 1.54. The molecule has 1 saturated carbocycles. The minimum atomic E-state index is -3.75. The third-order valence-electron chi connectivity index (χ3n) is 2.38. The number of carboxylic acid groups (broad SMARTS) is 1. The maximum atomic E-state index is 13.1. The molecule has 0 heterocycles. The normalized spacial score (nSPS) is 15.8. The minimum Gasteiger partial charge on any atom is -0.478 e. The third-order valence-corrected chi connectivity index (χ3v) is 3.90. The number of hydrogen-bond donors (Lipinski definition) is 2. The van der Waals surface area contributed by atoms with Crippen LogP contribution in [0.5, 0.6) is 0 Å². The zero-order valence-electron chi connectivity index (χ0n) is 8.68. The zero-order chi connectivity index (χ0) is 12.6. The number of benzene rings is 1. The molecule has 1 aromatic rings. The lowest BCUT2D eigenvalue weighted by atomic mass is 10.2. The molecule has 1 aliphatic carbocycles. The highest BCUT2D eigenvalue weighted by molar-refractivity contribution is 7.89. The summed E-state index contributed by atoms with van der Waals surface area (Å²) < 4.78 is 39.0. The highest BCUT2D eigenvalue weighted by Crippen LogP contribution is 2.23. The van der Waals surface area contributed by atoms with Crippen LogP contribution in [-0.4, -0.2) is 25.5 Å². The summed E-state index contributed by atoms with van der Waals surface area (Å²) in [6, 6.07) is 2.62. The van der Waals surface area contributed by atoms with Gasteiger partial charge in [0.25, 0.3) is 0 Å². The number of carbonyl (C=O) groups is 1. The lowest BCUT2D eigenvalue weighted by molar-refractivity contribution is 0.0691. The topological polar surface area (TPSA) is 83.5 Å². The van der Waals surface area contributed by atoms with Crippen LogP contribution >= 0.6 is 0 Å².